The zero-order valence-electron chi connectivity index (χ0n) is 11.0. The van der Waals surface area contributed by atoms with Crippen LogP contribution in [0.4, 0.5) is 20.8 Å². The predicted octanol–water partition coefficient (Wildman–Crippen LogP) is 4.56. The molecule has 0 saturated heterocycles. The van der Waals surface area contributed by atoms with Crippen molar-refractivity contribution in [2.45, 2.75) is 0 Å². The maximum atomic E-state index is 13.3. The van der Waals surface area contributed by atoms with Crippen LogP contribution in [0.3, 0.4) is 0 Å². The first-order valence-corrected chi connectivity index (χ1v) is 7.04. The molecule has 22 heavy (non-hydrogen) atoms. The van der Waals surface area contributed by atoms with Crippen molar-refractivity contribution < 1.29 is 9.31 Å². The van der Waals surface area contributed by atoms with Gasteiger partial charge in [0.1, 0.15) is 22.6 Å². The summed E-state index contributed by atoms with van der Waals surface area (Å²) in [4.78, 5) is 10.5. The average Bonchev–Trinajstić information content (AvgIpc) is 2.83. The number of anilines is 2. The molecule has 0 atom stereocenters. The van der Waals surface area contributed by atoms with Crippen molar-refractivity contribution in [3.63, 3.8) is 0 Å². The molecule has 0 amide bonds. The molecule has 3 rings (SSSR count). The van der Waals surface area contributed by atoms with Crippen LogP contribution in [0.25, 0.3) is 10.1 Å². The summed E-state index contributed by atoms with van der Waals surface area (Å²) < 4.78 is 13.9. The van der Waals surface area contributed by atoms with Crippen LogP contribution in [0, 0.1) is 27.3 Å². The molecule has 0 aliphatic heterocycles. The van der Waals surface area contributed by atoms with Gasteiger partial charge in [0, 0.05) is 16.2 Å². The number of nitro benzene ring substituents is 1. The highest BCUT2D eigenvalue weighted by atomic mass is 32.1. The number of benzene rings is 2. The van der Waals surface area contributed by atoms with Crippen LogP contribution in [-0.4, -0.2) is 4.92 Å². The van der Waals surface area contributed by atoms with E-state index >= 15 is 0 Å². The van der Waals surface area contributed by atoms with Crippen molar-refractivity contribution in [3.05, 3.63) is 64.0 Å². The lowest BCUT2D eigenvalue weighted by Gasteiger charge is -2.04. The molecule has 108 valence electrons. The minimum Gasteiger partial charge on any atom is -0.341 e. The monoisotopic (exact) mass is 313 g/mol. The van der Waals surface area contributed by atoms with E-state index in [1.807, 2.05) is 0 Å². The maximum absolute atomic E-state index is 13.3. The average molecular weight is 313 g/mol. The molecule has 0 aliphatic carbocycles. The standard InChI is InChI=1S/C15H8FN3O2S/c16-9-5-6-10-11(8-17)15(22-14(10)7-9)18-12-3-1-2-4-13(12)19(20)21/h1-7,18H. The van der Waals surface area contributed by atoms with E-state index in [1.54, 1.807) is 18.2 Å². The van der Waals surface area contributed by atoms with Gasteiger partial charge in [-0.05, 0) is 24.3 Å². The Hall–Kier alpha value is -2.98. The highest BCUT2D eigenvalue weighted by Gasteiger charge is 2.17. The van der Waals surface area contributed by atoms with Crippen LogP contribution in [0.5, 0.6) is 0 Å². The molecule has 0 unspecified atom stereocenters. The number of rotatable bonds is 3. The Balaban J connectivity index is 2.12. The van der Waals surface area contributed by atoms with Crippen LogP contribution < -0.4 is 5.32 Å². The molecule has 0 radical (unpaired) electrons. The van der Waals surface area contributed by atoms with Gasteiger partial charge in [0.15, 0.2) is 0 Å². The smallest absolute Gasteiger partial charge is 0.292 e. The normalized spacial score (nSPS) is 10.4. The molecule has 3 aromatic rings. The van der Waals surface area contributed by atoms with E-state index in [0.717, 1.165) is 0 Å². The van der Waals surface area contributed by atoms with E-state index in [4.69, 9.17) is 0 Å². The Morgan fingerprint density at radius 3 is 2.77 bits per heavy atom. The Kier molecular flexibility index (Phi) is 3.45. The lowest BCUT2D eigenvalue weighted by Crippen LogP contribution is -1.96. The van der Waals surface area contributed by atoms with Crippen molar-refractivity contribution in [1.82, 2.24) is 0 Å². The molecule has 7 heteroatoms. The molecule has 1 heterocycles. The van der Waals surface area contributed by atoms with Crippen LogP contribution >= 0.6 is 11.3 Å². The van der Waals surface area contributed by atoms with Gasteiger partial charge in [-0.25, -0.2) is 4.39 Å². The van der Waals surface area contributed by atoms with E-state index in [2.05, 4.69) is 11.4 Å². The van der Waals surface area contributed by atoms with Crippen molar-refractivity contribution in [2.75, 3.05) is 5.32 Å². The highest BCUT2D eigenvalue weighted by molar-refractivity contribution is 7.23. The molecule has 5 nitrogen and oxygen atoms in total. The van der Waals surface area contributed by atoms with Gasteiger partial charge in [0.05, 0.1) is 10.5 Å². The fourth-order valence-corrected chi connectivity index (χ4v) is 3.22. The number of thiophene rings is 1. The van der Waals surface area contributed by atoms with Gasteiger partial charge < -0.3 is 5.32 Å². The second-order valence-electron chi connectivity index (χ2n) is 4.46. The molecule has 0 bridgehead atoms. The Morgan fingerprint density at radius 2 is 2.05 bits per heavy atom. The van der Waals surface area contributed by atoms with Gasteiger partial charge in [-0.3, -0.25) is 10.1 Å². The minimum absolute atomic E-state index is 0.0879. The first-order chi connectivity index (χ1) is 10.6. The van der Waals surface area contributed by atoms with E-state index in [0.29, 0.717) is 20.7 Å². The quantitative estimate of drug-likeness (QED) is 0.567. The highest BCUT2D eigenvalue weighted by Crippen LogP contribution is 2.38. The lowest BCUT2D eigenvalue weighted by atomic mass is 10.2. The molecular formula is C15H8FN3O2S. The van der Waals surface area contributed by atoms with Crippen LogP contribution in [-0.2, 0) is 0 Å². The number of nitrogens with one attached hydrogen (secondary N) is 1. The van der Waals surface area contributed by atoms with Crippen molar-refractivity contribution in [3.8, 4) is 6.07 Å². The second-order valence-corrected chi connectivity index (χ2v) is 5.51. The fraction of sp³-hybridized carbons (Fsp3) is 0. The van der Waals surface area contributed by atoms with Gasteiger partial charge in [0.25, 0.3) is 5.69 Å². The summed E-state index contributed by atoms with van der Waals surface area (Å²) in [5, 5.41) is 24.3. The summed E-state index contributed by atoms with van der Waals surface area (Å²) in [6.45, 7) is 0. The summed E-state index contributed by atoms with van der Waals surface area (Å²) in [6, 6.07) is 12.4. The molecule has 0 saturated carbocycles. The summed E-state index contributed by atoms with van der Waals surface area (Å²) in [7, 11) is 0. The first-order valence-electron chi connectivity index (χ1n) is 6.22. The topological polar surface area (TPSA) is 79.0 Å². The molecule has 0 spiro atoms. The van der Waals surface area contributed by atoms with Gasteiger partial charge in [0.2, 0.25) is 0 Å². The third-order valence-electron chi connectivity index (χ3n) is 3.11. The molecule has 1 aromatic heterocycles. The molecule has 2 aromatic carbocycles. The summed E-state index contributed by atoms with van der Waals surface area (Å²) in [6.07, 6.45) is 0. The van der Waals surface area contributed by atoms with Crippen molar-refractivity contribution >= 4 is 37.8 Å². The number of nitriles is 1. The van der Waals surface area contributed by atoms with E-state index in [-0.39, 0.29) is 11.4 Å². The fourth-order valence-electron chi connectivity index (χ4n) is 2.13. The largest absolute Gasteiger partial charge is 0.341 e. The second kappa shape index (κ2) is 5.42. The number of fused-ring (bicyclic) bond motifs is 1. The van der Waals surface area contributed by atoms with Gasteiger partial charge in [-0.1, -0.05) is 12.1 Å². The Morgan fingerprint density at radius 1 is 1.27 bits per heavy atom. The molecule has 0 aliphatic rings. The molecule has 0 fully saturated rings. The lowest BCUT2D eigenvalue weighted by molar-refractivity contribution is -0.383. The van der Waals surface area contributed by atoms with Gasteiger partial charge >= 0.3 is 0 Å². The molecule has 1 N–H and O–H groups in total. The predicted molar refractivity (Wildman–Crippen MR) is 82.9 cm³/mol. The number of halogens is 1. The molecular weight excluding hydrogens is 305 g/mol. The number of nitro groups is 1. The van der Waals surface area contributed by atoms with Crippen LogP contribution in [0.2, 0.25) is 0 Å². The summed E-state index contributed by atoms with van der Waals surface area (Å²) in [5.41, 5.74) is 0.546. The van der Waals surface area contributed by atoms with Gasteiger partial charge in [-0.2, -0.15) is 5.26 Å². The maximum Gasteiger partial charge on any atom is 0.292 e. The summed E-state index contributed by atoms with van der Waals surface area (Å²) >= 11 is 1.18. The van der Waals surface area contributed by atoms with Crippen molar-refractivity contribution in [1.29, 1.82) is 5.26 Å². The van der Waals surface area contributed by atoms with E-state index < -0.39 is 10.7 Å². The zero-order chi connectivity index (χ0) is 15.7. The summed E-state index contributed by atoms with van der Waals surface area (Å²) in [5.74, 6) is -0.393. The number of hydrogen-bond acceptors (Lipinski definition) is 5. The third kappa shape index (κ3) is 2.36. The van der Waals surface area contributed by atoms with Crippen LogP contribution in [0.1, 0.15) is 5.56 Å². The van der Waals surface area contributed by atoms with E-state index in [9.17, 15) is 19.8 Å². The Labute approximate surface area is 128 Å². The number of hydrogen-bond donors (Lipinski definition) is 1. The number of nitrogens with zero attached hydrogens (tertiary/aromatic N) is 2. The van der Waals surface area contributed by atoms with Crippen LogP contribution in [0.15, 0.2) is 42.5 Å². The van der Waals surface area contributed by atoms with E-state index in [1.165, 1.54) is 35.6 Å². The first kappa shape index (κ1) is 14.0. The minimum atomic E-state index is -0.499. The SMILES string of the molecule is N#Cc1c(Nc2ccccc2[N+](=O)[O-])sc2cc(F)ccc12. The Bertz CT molecular complexity index is 930. The van der Waals surface area contributed by atoms with Crippen molar-refractivity contribution in [2.24, 2.45) is 0 Å². The third-order valence-corrected chi connectivity index (χ3v) is 4.18. The van der Waals surface area contributed by atoms with Gasteiger partial charge in [-0.15, -0.1) is 11.3 Å². The number of para-hydroxylation sites is 2. The zero-order valence-corrected chi connectivity index (χ0v) is 11.9.